The number of aliphatic hydroxyl groups excluding tert-OH is 1. The molecule has 1 saturated heterocycles. The van der Waals surface area contributed by atoms with E-state index in [4.69, 9.17) is 50.2 Å². The Morgan fingerprint density at radius 2 is 2.10 bits per heavy atom. The highest BCUT2D eigenvalue weighted by Crippen LogP contribution is 2.52. The zero-order valence-corrected chi connectivity index (χ0v) is 24.8. The maximum absolute atomic E-state index is 14.9. The molecule has 1 aromatic carbocycles. The number of alkyl halides is 1. The maximum Gasteiger partial charge on any atom is 0.380 e. The number of nitrogens with one attached hydrogen (secondary N) is 1. The van der Waals surface area contributed by atoms with Gasteiger partial charge in [0.1, 0.15) is 23.3 Å². The lowest BCUT2D eigenvalue weighted by molar-refractivity contribution is -0.151. The van der Waals surface area contributed by atoms with Gasteiger partial charge in [0.05, 0.1) is 27.5 Å². The minimum atomic E-state index is -4.61. The summed E-state index contributed by atoms with van der Waals surface area (Å²) in [7, 11) is -4.61. The van der Waals surface area contributed by atoms with E-state index in [1.165, 1.54) is 19.1 Å². The molecule has 1 aliphatic rings. The van der Waals surface area contributed by atoms with Crippen LogP contribution < -0.4 is 15.8 Å². The average Bonchev–Trinajstić information content (AvgIpc) is 3.37. The Balaban J connectivity index is 1.74. The predicted molar refractivity (Wildman–Crippen MR) is 153 cm³/mol. The molecule has 1 fully saturated rings. The van der Waals surface area contributed by atoms with E-state index in [9.17, 15) is 23.7 Å². The minimum absolute atomic E-state index is 0.0321. The van der Waals surface area contributed by atoms with E-state index in [-0.39, 0.29) is 17.3 Å². The van der Waals surface area contributed by atoms with Crippen LogP contribution in [0.4, 0.5) is 10.3 Å². The molecule has 4 N–H and O–H groups in total. The molecule has 226 valence electrons. The Morgan fingerprint density at radius 1 is 1.40 bits per heavy atom. The molecule has 0 radical (unpaired) electrons. The summed E-state index contributed by atoms with van der Waals surface area (Å²) in [5.41, 5.74) is 4.35. The number of nitrogens with two attached hydrogens (primary N) is 1. The highest BCUT2D eigenvalue weighted by atomic mass is 35.5. The van der Waals surface area contributed by atoms with Crippen molar-refractivity contribution in [3.8, 4) is 17.0 Å². The van der Waals surface area contributed by atoms with E-state index in [0.717, 1.165) is 10.8 Å². The van der Waals surface area contributed by atoms with Crippen LogP contribution in [0, 0.1) is 23.0 Å². The number of carbonyl (C=O) groups excluding carboxylic acids is 1. The number of aromatic nitrogens is 3. The molecule has 6 atom stereocenters. The molecule has 0 spiro atoms. The number of nitrogens with zero attached hydrogens (tertiary/aromatic N) is 2. The first-order chi connectivity index (χ1) is 20.5. The number of hydrogen-bond acceptors (Lipinski definition) is 10. The van der Waals surface area contributed by atoms with Gasteiger partial charge in [0.15, 0.2) is 22.6 Å². The van der Waals surface area contributed by atoms with Gasteiger partial charge in [0.25, 0.3) is 5.56 Å². The highest BCUT2D eigenvalue weighted by molar-refractivity contribution is 7.54. The van der Waals surface area contributed by atoms with Crippen molar-refractivity contribution in [1.82, 2.24) is 14.5 Å². The van der Waals surface area contributed by atoms with E-state index < -0.39 is 78.4 Å². The summed E-state index contributed by atoms with van der Waals surface area (Å²) >= 11 is 12.3. The quantitative estimate of drug-likeness (QED) is 0.128. The molecule has 4 rings (SSSR count). The Kier molecular flexibility index (Phi) is 8.72. The van der Waals surface area contributed by atoms with E-state index in [0.29, 0.717) is 0 Å². The molecule has 16 heteroatoms. The van der Waals surface area contributed by atoms with Crippen LogP contribution >= 0.6 is 30.8 Å². The molecule has 1 unspecified atom stereocenters. The Labute approximate surface area is 252 Å². The van der Waals surface area contributed by atoms with Crippen molar-refractivity contribution < 1.29 is 40.1 Å². The first kappa shape index (κ1) is 29.0. The third-order valence-electron chi connectivity index (χ3n) is 6.05. The number of aliphatic hydroxyl groups is 1. The number of ether oxygens (including phenoxy) is 2. The van der Waals surface area contributed by atoms with E-state index in [1.54, 1.807) is 32.0 Å². The second kappa shape index (κ2) is 12.6. The Hall–Kier alpha value is -3.11. The first-order valence-corrected chi connectivity index (χ1v) is 15.0. The fourth-order valence-corrected chi connectivity index (χ4v) is 6.42. The van der Waals surface area contributed by atoms with Crippen molar-refractivity contribution in [2.24, 2.45) is 5.92 Å². The largest absolute Gasteiger partial charge is 0.463 e. The van der Waals surface area contributed by atoms with Crippen LogP contribution in [0.1, 0.15) is 29.7 Å². The summed E-state index contributed by atoms with van der Waals surface area (Å²) < 4.78 is 69.4. The molecule has 0 saturated carbocycles. The summed E-state index contributed by atoms with van der Waals surface area (Å²) in [6, 6.07) is 7.67. The molecule has 0 aliphatic carbocycles. The number of hydrogen-bond donors (Lipinski definition) is 3. The lowest BCUT2D eigenvalue weighted by Crippen LogP contribution is -2.41. The standard InChI is InChI=1S/C26H28Cl2FN4O8P/c1-14(2)39-23(36)15(3)13-42(37,41-16-7-5-4-6-8-16)38-12-18-20(34)26(28,9-10-27)24(40-18)33-11-17(29)19-21(33)31-25(30)32-22(19)35/h4-8,11,14-15,18,20,24,34H,12-13H2,1-3H3,(H3,30,31,32,35)/t15-,18-,20+,24-,26?,42+/m1/s1/i12D2. The van der Waals surface area contributed by atoms with Crippen LogP contribution in [-0.2, 0) is 23.4 Å². The number of anilines is 1. The van der Waals surface area contributed by atoms with Gasteiger partial charge in [0, 0.05) is 11.6 Å². The van der Waals surface area contributed by atoms with Crippen molar-refractivity contribution in [2.45, 2.75) is 50.2 Å². The molecule has 0 amide bonds. The maximum atomic E-state index is 14.9. The lowest BCUT2D eigenvalue weighted by Gasteiger charge is -2.26. The number of benzene rings is 1. The van der Waals surface area contributed by atoms with Gasteiger partial charge in [-0.25, -0.2) is 8.96 Å². The summed E-state index contributed by atoms with van der Waals surface area (Å²) in [4.78, 5) is 28.7. The van der Waals surface area contributed by atoms with Crippen molar-refractivity contribution >= 4 is 53.7 Å². The van der Waals surface area contributed by atoms with Gasteiger partial charge in [-0.1, -0.05) is 42.6 Å². The van der Waals surface area contributed by atoms with Crippen LogP contribution in [-0.4, -0.2) is 61.5 Å². The molecule has 12 nitrogen and oxygen atoms in total. The van der Waals surface area contributed by atoms with Crippen LogP contribution in [0.5, 0.6) is 5.75 Å². The van der Waals surface area contributed by atoms with Gasteiger partial charge in [-0.05, 0) is 37.6 Å². The Bertz CT molecular complexity index is 1720. The SMILES string of the molecule is [2H]C([2H])(O[P@@](=O)(C[C@@H](C)C(=O)OC(C)C)Oc1ccccc1)[C@H]1O[C@@H](n2cc(F)c3c(=O)[nH]c(N)nc32)C(Cl)(C#CCl)[C@H]1O. The fourth-order valence-electron chi connectivity index (χ4n) is 4.18. The summed E-state index contributed by atoms with van der Waals surface area (Å²) in [6.07, 6.45) is -6.24. The van der Waals surface area contributed by atoms with Gasteiger partial charge < -0.3 is 24.8 Å². The summed E-state index contributed by atoms with van der Waals surface area (Å²) in [5.74, 6) is -0.905. The van der Waals surface area contributed by atoms with Gasteiger partial charge in [-0.3, -0.25) is 23.7 Å². The van der Waals surface area contributed by atoms with E-state index in [1.807, 2.05) is 5.38 Å². The van der Waals surface area contributed by atoms with Crippen LogP contribution in [0.2, 0.25) is 0 Å². The van der Waals surface area contributed by atoms with Gasteiger partial charge in [-0.2, -0.15) is 4.98 Å². The summed E-state index contributed by atoms with van der Waals surface area (Å²) in [5, 5.41) is 12.8. The van der Waals surface area contributed by atoms with Crippen LogP contribution in [0.15, 0.2) is 41.3 Å². The monoisotopic (exact) mass is 646 g/mol. The molecule has 2 aromatic heterocycles. The van der Waals surface area contributed by atoms with Crippen LogP contribution in [0.25, 0.3) is 11.0 Å². The lowest BCUT2D eigenvalue weighted by atomic mass is 9.99. The molecule has 3 aromatic rings. The molecular formula is C26H28Cl2FN4O8P. The highest BCUT2D eigenvalue weighted by Gasteiger charge is 2.57. The van der Waals surface area contributed by atoms with Crippen molar-refractivity contribution in [1.29, 1.82) is 0 Å². The van der Waals surface area contributed by atoms with Gasteiger partial charge in [-0.15, -0.1) is 0 Å². The molecule has 0 bridgehead atoms. The first-order valence-electron chi connectivity index (χ1n) is 13.5. The number of esters is 1. The molecule has 1 aliphatic heterocycles. The van der Waals surface area contributed by atoms with Crippen molar-refractivity contribution in [3.63, 3.8) is 0 Å². The zero-order valence-electron chi connectivity index (χ0n) is 24.4. The summed E-state index contributed by atoms with van der Waals surface area (Å²) in [6.45, 7) is 1.47. The van der Waals surface area contributed by atoms with E-state index in [2.05, 4.69) is 15.9 Å². The second-order valence-electron chi connectivity index (χ2n) is 9.67. The Morgan fingerprint density at radius 3 is 2.74 bits per heavy atom. The number of fused-ring (bicyclic) bond motifs is 1. The topological polar surface area (TPSA) is 168 Å². The van der Waals surface area contributed by atoms with E-state index >= 15 is 0 Å². The van der Waals surface area contributed by atoms with Gasteiger partial charge >= 0.3 is 13.6 Å². The second-order valence-corrected chi connectivity index (χ2v) is 12.4. The van der Waals surface area contributed by atoms with Crippen molar-refractivity contribution in [2.75, 3.05) is 18.5 Å². The minimum Gasteiger partial charge on any atom is -0.463 e. The normalized spacial score (nSPS) is 25.2. The number of rotatable bonds is 10. The number of carbonyl (C=O) groups is 1. The molecule has 42 heavy (non-hydrogen) atoms. The van der Waals surface area contributed by atoms with Gasteiger partial charge in [0.2, 0.25) is 5.95 Å². The predicted octanol–water partition coefficient (Wildman–Crippen LogP) is 3.76. The third kappa shape index (κ3) is 6.59. The number of aromatic amines is 1. The number of H-pyrrole nitrogens is 1. The zero-order chi connectivity index (χ0) is 32.6. The van der Waals surface area contributed by atoms with Crippen LogP contribution in [0.3, 0.4) is 0 Å². The number of para-hydroxylation sites is 1. The number of nitrogen functional groups attached to an aromatic ring is 1. The number of halogens is 3. The molecular weight excluding hydrogens is 617 g/mol. The third-order valence-corrected chi connectivity index (χ3v) is 8.51. The molecule has 3 heterocycles. The fraction of sp³-hybridized carbons (Fsp3) is 0.423. The van der Waals surface area contributed by atoms with Crippen molar-refractivity contribution in [3.05, 3.63) is 52.7 Å². The average molecular weight is 647 g/mol. The smallest absolute Gasteiger partial charge is 0.380 e.